The summed E-state index contributed by atoms with van der Waals surface area (Å²) >= 11 is 5.80. The number of halogens is 1. The van der Waals surface area contributed by atoms with Gasteiger partial charge in [-0.05, 0) is 103 Å². The van der Waals surface area contributed by atoms with Crippen LogP contribution in [-0.2, 0) is 12.8 Å². The molecule has 0 aliphatic carbocycles. The minimum Gasteiger partial charge on any atom is -0.398 e. The van der Waals surface area contributed by atoms with Crippen LogP contribution in [-0.4, -0.2) is 33.9 Å². The van der Waals surface area contributed by atoms with Crippen molar-refractivity contribution in [1.29, 1.82) is 0 Å². The van der Waals surface area contributed by atoms with E-state index in [1.165, 1.54) is 16.7 Å². The lowest BCUT2D eigenvalue weighted by atomic mass is 9.96. The number of nitrogen functional groups attached to an aromatic ring is 1. The summed E-state index contributed by atoms with van der Waals surface area (Å²) < 4.78 is 0. The Hall–Kier alpha value is -4.48. The summed E-state index contributed by atoms with van der Waals surface area (Å²) in [7, 11) is 3.98. The van der Waals surface area contributed by atoms with Crippen molar-refractivity contribution in [2.24, 2.45) is 10.9 Å². The number of nitrogens with zero attached hydrogens (tertiary/aromatic N) is 3. The highest BCUT2D eigenvalue weighted by Crippen LogP contribution is 2.27. The number of aliphatic imine (C=N–C) groups is 1. The maximum absolute atomic E-state index is 6.32. The molecule has 4 aromatic rings. The van der Waals surface area contributed by atoms with Crippen molar-refractivity contribution in [3.8, 4) is 11.1 Å². The Kier molecular flexibility index (Phi) is 13.3. The molecule has 4 rings (SSSR count). The number of hydrogen-bond acceptors (Lipinski definition) is 5. The van der Waals surface area contributed by atoms with Crippen molar-refractivity contribution >= 4 is 41.1 Å². The highest BCUT2D eigenvalue weighted by atomic mass is 35.5. The van der Waals surface area contributed by atoms with Gasteiger partial charge < -0.3 is 20.9 Å². The van der Waals surface area contributed by atoms with E-state index in [9.17, 15) is 0 Å². The van der Waals surface area contributed by atoms with Gasteiger partial charge in [0, 0.05) is 43.4 Å². The largest absolute Gasteiger partial charge is 0.398 e. The molecule has 0 aromatic heterocycles. The Morgan fingerprint density at radius 2 is 1.67 bits per heavy atom. The van der Waals surface area contributed by atoms with Crippen molar-refractivity contribution < 1.29 is 0 Å². The molecule has 0 aliphatic rings. The van der Waals surface area contributed by atoms with Gasteiger partial charge in [0.15, 0.2) is 0 Å². The molecule has 0 aliphatic heterocycles. The monoisotopic (exact) mass is 621 g/mol. The molecule has 0 amide bonds. The Labute approximate surface area is 275 Å². The van der Waals surface area contributed by atoms with Gasteiger partial charge in [0.25, 0.3) is 0 Å². The molecule has 0 fully saturated rings. The van der Waals surface area contributed by atoms with Crippen molar-refractivity contribution in [2.45, 2.75) is 33.6 Å². The third kappa shape index (κ3) is 10.6. The van der Waals surface area contributed by atoms with Crippen LogP contribution in [0.3, 0.4) is 0 Å². The zero-order valence-corrected chi connectivity index (χ0v) is 28.2. The minimum atomic E-state index is 0.597. The van der Waals surface area contributed by atoms with Crippen LogP contribution in [0.1, 0.15) is 30.5 Å². The maximum atomic E-state index is 6.32. The summed E-state index contributed by atoms with van der Waals surface area (Å²) in [5, 5.41) is 3.77. The average Bonchev–Trinajstić information content (AvgIpc) is 3.03. The van der Waals surface area contributed by atoms with Crippen LogP contribution in [0.5, 0.6) is 0 Å². The Morgan fingerprint density at radius 1 is 0.978 bits per heavy atom. The van der Waals surface area contributed by atoms with Gasteiger partial charge in [-0.2, -0.15) is 0 Å². The normalized spacial score (nSPS) is 10.5. The first-order chi connectivity index (χ1) is 21.5. The maximum Gasteiger partial charge on any atom is 0.0808 e. The lowest BCUT2D eigenvalue weighted by Gasteiger charge is -2.25. The predicted octanol–water partition coefficient (Wildman–Crippen LogP) is 9.48. The molecule has 236 valence electrons. The molecule has 0 atom stereocenters. The van der Waals surface area contributed by atoms with Crippen LogP contribution >= 0.6 is 11.6 Å². The number of likely N-dealkylation sites (N-methyl/N-ethyl adjacent to an activating group) is 2. The van der Waals surface area contributed by atoms with Crippen LogP contribution in [0.25, 0.3) is 11.1 Å². The van der Waals surface area contributed by atoms with Gasteiger partial charge in [-0.15, -0.1) is 0 Å². The molecule has 0 saturated carbocycles. The summed E-state index contributed by atoms with van der Waals surface area (Å²) in [6, 6.07) is 29.5. The van der Waals surface area contributed by atoms with Crippen LogP contribution in [0.15, 0.2) is 115 Å². The topological polar surface area (TPSA) is 56.9 Å². The smallest absolute Gasteiger partial charge is 0.0808 e. The van der Waals surface area contributed by atoms with Gasteiger partial charge in [-0.25, -0.2) is 0 Å². The highest BCUT2D eigenvalue weighted by Gasteiger charge is 2.09. The molecular formula is C39H48ClN5. The van der Waals surface area contributed by atoms with Crippen molar-refractivity contribution in [3.05, 3.63) is 132 Å². The first-order valence-corrected chi connectivity index (χ1v) is 15.7. The molecule has 3 N–H and O–H groups in total. The van der Waals surface area contributed by atoms with Crippen molar-refractivity contribution in [3.63, 3.8) is 0 Å². The van der Waals surface area contributed by atoms with E-state index in [-0.39, 0.29) is 0 Å². The lowest BCUT2D eigenvalue weighted by molar-refractivity contribution is 0.648. The fourth-order valence-electron chi connectivity index (χ4n) is 4.95. The van der Waals surface area contributed by atoms with E-state index in [2.05, 4.69) is 128 Å². The van der Waals surface area contributed by atoms with E-state index in [4.69, 9.17) is 17.3 Å². The minimum absolute atomic E-state index is 0.597. The zero-order chi connectivity index (χ0) is 32.9. The highest BCUT2D eigenvalue weighted by molar-refractivity contribution is 6.33. The second-order valence-corrected chi connectivity index (χ2v) is 12.1. The van der Waals surface area contributed by atoms with Gasteiger partial charge in [0.1, 0.15) is 0 Å². The van der Waals surface area contributed by atoms with E-state index >= 15 is 0 Å². The first-order valence-electron chi connectivity index (χ1n) is 15.3. The van der Waals surface area contributed by atoms with Gasteiger partial charge in [0.2, 0.25) is 0 Å². The summed E-state index contributed by atoms with van der Waals surface area (Å²) in [6.07, 6.45) is 3.84. The third-order valence-electron chi connectivity index (χ3n) is 7.58. The molecule has 0 radical (unpaired) electrons. The van der Waals surface area contributed by atoms with Crippen LogP contribution < -0.4 is 20.9 Å². The summed E-state index contributed by atoms with van der Waals surface area (Å²) in [4.78, 5) is 8.11. The molecule has 4 aromatic carbocycles. The molecular weight excluding hydrogens is 574 g/mol. The number of rotatable bonds is 13. The Morgan fingerprint density at radius 3 is 2.27 bits per heavy atom. The fraction of sp³-hybridized carbons (Fsp3) is 0.256. The molecule has 0 saturated heterocycles. The van der Waals surface area contributed by atoms with Gasteiger partial charge in [0.05, 0.1) is 17.3 Å². The van der Waals surface area contributed by atoms with Gasteiger partial charge in [-0.1, -0.05) is 87.1 Å². The van der Waals surface area contributed by atoms with E-state index < -0.39 is 0 Å². The molecule has 0 spiro atoms. The second-order valence-electron chi connectivity index (χ2n) is 11.7. The molecule has 0 bridgehead atoms. The summed E-state index contributed by atoms with van der Waals surface area (Å²) in [5.41, 5.74) is 17.2. The van der Waals surface area contributed by atoms with Crippen LogP contribution in [0.2, 0.25) is 5.02 Å². The summed E-state index contributed by atoms with van der Waals surface area (Å²) in [5.74, 6) is 0.597. The Balaban J connectivity index is 0.000000468. The van der Waals surface area contributed by atoms with E-state index in [0.29, 0.717) is 10.9 Å². The number of hydrogen-bond donors (Lipinski definition) is 2. The molecule has 0 heterocycles. The van der Waals surface area contributed by atoms with Crippen molar-refractivity contribution in [2.75, 3.05) is 42.7 Å². The predicted molar refractivity (Wildman–Crippen MR) is 199 cm³/mol. The second kappa shape index (κ2) is 17.1. The van der Waals surface area contributed by atoms with Gasteiger partial charge in [-0.3, -0.25) is 4.99 Å². The number of aryl methyl sites for hydroxylation is 1. The first kappa shape index (κ1) is 35.0. The standard InChI is InChI=1S/C31H40N4.C8H8ClN/c1-7-35(30-10-8-9-29(21-30)34(6)22-24(4)33-5)18-17-25-11-13-26(14-12-25)27-15-16-28(19-23(2)3)31(32)20-27;1-6-3-4-8(10-2)7(9)5-6/h7-16,20-21,23,33H,1,4,17-19,22,32H2,2-3,5-6H3;3-5H,2H2,1H3. The number of nitrogens with one attached hydrogen (secondary N) is 1. The molecule has 0 unspecified atom stereocenters. The van der Waals surface area contributed by atoms with E-state index in [0.717, 1.165) is 65.5 Å². The molecule has 6 heteroatoms. The third-order valence-corrected chi connectivity index (χ3v) is 7.88. The quantitative estimate of drug-likeness (QED) is 0.115. The fourth-order valence-corrected chi connectivity index (χ4v) is 5.24. The number of anilines is 3. The van der Waals surface area contributed by atoms with Gasteiger partial charge >= 0.3 is 0 Å². The summed E-state index contributed by atoms with van der Waals surface area (Å²) in [6.45, 7) is 19.5. The van der Waals surface area contributed by atoms with Crippen molar-refractivity contribution in [1.82, 2.24) is 5.32 Å². The number of benzene rings is 4. The van der Waals surface area contributed by atoms with E-state index in [1.54, 1.807) is 0 Å². The molecule has 5 nitrogen and oxygen atoms in total. The SMILES string of the molecule is C=CN(CCc1ccc(-c2ccc(CC(C)C)c(N)c2)cc1)c1cccc(N(C)CC(=C)NC)c1.C=Nc1ccc(C)cc1Cl. The van der Waals surface area contributed by atoms with E-state index in [1.807, 2.05) is 38.4 Å². The lowest BCUT2D eigenvalue weighted by Crippen LogP contribution is -2.25. The molecule has 45 heavy (non-hydrogen) atoms. The Bertz CT molecular complexity index is 1580. The number of nitrogens with two attached hydrogens (primary N) is 1. The van der Waals surface area contributed by atoms with Crippen LogP contribution in [0, 0.1) is 12.8 Å². The zero-order valence-electron chi connectivity index (χ0n) is 27.5. The van der Waals surface area contributed by atoms with Crippen LogP contribution in [0.4, 0.5) is 22.7 Å². The average molecular weight is 622 g/mol.